The molecule has 0 spiro atoms. The summed E-state index contributed by atoms with van der Waals surface area (Å²) >= 11 is 0. The van der Waals surface area contributed by atoms with Crippen LogP contribution < -0.4 is 4.90 Å². The van der Waals surface area contributed by atoms with Crippen LogP contribution in [0.5, 0.6) is 0 Å². The van der Waals surface area contributed by atoms with Crippen LogP contribution in [0.15, 0.2) is 12.3 Å². The van der Waals surface area contributed by atoms with Crippen molar-refractivity contribution in [1.82, 2.24) is 9.88 Å². The van der Waals surface area contributed by atoms with Crippen molar-refractivity contribution in [3.63, 3.8) is 0 Å². The lowest BCUT2D eigenvalue weighted by Gasteiger charge is -2.35. The zero-order chi connectivity index (χ0) is 14.7. The highest BCUT2D eigenvalue weighted by molar-refractivity contribution is 5.48. The van der Waals surface area contributed by atoms with E-state index in [0.717, 1.165) is 0 Å². The number of halogens is 2. The Labute approximate surface area is 115 Å². The highest BCUT2D eigenvalue weighted by Gasteiger charge is 2.21. The van der Waals surface area contributed by atoms with Crippen LogP contribution in [0.1, 0.15) is 5.56 Å². The van der Waals surface area contributed by atoms with E-state index in [1.54, 1.807) is 17.9 Å². The van der Waals surface area contributed by atoms with Crippen LogP contribution in [0, 0.1) is 17.0 Å². The van der Waals surface area contributed by atoms with Gasteiger partial charge in [0, 0.05) is 31.7 Å². The Balaban J connectivity index is 2.00. The molecule has 0 atom stereocenters. The van der Waals surface area contributed by atoms with Crippen LogP contribution in [0.4, 0.5) is 20.3 Å². The lowest BCUT2D eigenvalue weighted by atomic mass is 10.2. The third-order valence-electron chi connectivity index (χ3n) is 3.36. The highest BCUT2D eigenvalue weighted by atomic mass is 19.3. The first kappa shape index (κ1) is 14.6. The number of hydrogen-bond donors (Lipinski definition) is 0. The fourth-order valence-corrected chi connectivity index (χ4v) is 2.25. The number of pyridine rings is 1. The molecule has 110 valence electrons. The second-order valence-corrected chi connectivity index (χ2v) is 4.76. The first-order valence-corrected chi connectivity index (χ1v) is 6.34. The summed E-state index contributed by atoms with van der Waals surface area (Å²) in [6.45, 7) is 3.73. The average Bonchev–Trinajstić information content (AvgIpc) is 2.38. The van der Waals surface area contributed by atoms with E-state index in [9.17, 15) is 18.9 Å². The maximum atomic E-state index is 12.3. The van der Waals surface area contributed by atoms with Gasteiger partial charge < -0.3 is 4.90 Å². The van der Waals surface area contributed by atoms with Gasteiger partial charge in [-0.15, -0.1) is 0 Å². The first-order valence-electron chi connectivity index (χ1n) is 6.34. The summed E-state index contributed by atoms with van der Waals surface area (Å²) in [4.78, 5) is 18.0. The Hall–Kier alpha value is -1.83. The molecule has 6 nitrogen and oxygen atoms in total. The van der Waals surface area contributed by atoms with Crippen LogP contribution in [0.25, 0.3) is 0 Å². The van der Waals surface area contributed by atoms with Crippen molar-refractivity contribution in [2.24, 2.45) is 0 Å². The summed E-state index contributed by atoms with van der Waals surface area (Å²) in [5.74, 6) is 0.657. The van der Waals surface area contributed by atoms with Gasteiger partial charge in [-0.2, -0.15) is 0 Å². The summed E-state index contributed by atoms with van der Waals surface area (Å²) < 4.78 is 24.6. The van der Waals surface area contributed by atoms with Gasteiger partial charge in [0.1, 0.15) is 12.0 Å². The molecule has 8 heteroatoms. The second kappa shape index (κ2) is 6.08. The molecule has 0 aliphatic carbocycles. The topological polar surface area (TPSA) is 62.5 Å². The summed E-state index contributed by atoms with van der Waals surface area (Å²) in [7, 11) is 0. The molecule has 1 fully saturated rings. The standard InChI is InChI=1S/C12H16F2N4O2/c1-9-6-12(15-7-10(9)18(19)20)17-4-2-16(3-5-17)8-11(13)14/h6-7,11H,2-5,8H2,1H3. The largest absolute Gasteiger partial charge is 0.354 e. The van der Waals surface area contributed by atoms with E-state index < -0.39 is 11.3 Å². The van der Waals surface area contributed by atoms with E-state index in [1.807, 2.05) is 4.90 Å². The van der Waals surface area contributed by atoms with Crippen molar-refractivity contribution in [2.75, 3.05) is 37.6 Å². The van der Waals surface area contributed by atoms with Gasteiger partial charge in [-0.1, -0.05) is 0 Å². The van der Waals surface area contributed by atoms with E-state index in [-0.39, 0.29) is 12.2 Å². The monoisotopic (exact) mass is 286 g/mol. The lowest BCUT2D eigenvalue weighted by molar-refractivity contribution is -0.385. The van der Waals surface area contributed by atoms with Gasteiger partial charge in [-0.3, -0.25) is 15.0 Å². The van der Waals surface area contributed by atoms with Crippen molar-refractivity contribution in [3.05, 3.63) is 27.9 Å². The number of piperazine rings is 1. The van der Waals surface area contributed by atoms with Crippen LogP contribution in [-0.4, -0.2) is 54.0 Å². The molecule has 1 aromatic rings. The maximum Gasteiger partial charge on any atom is 0.290 e. The van der Waals surface area contributed by atoms with Gasteiger partial charge >= 0.3 is 0 Å². The van der Waals surface area contributed by atoms with Crippen LogP contribution in [-0.2, 0) is 0 Å². The summed E-state index contributed by atoms with van der Waals surface area (Å²) in [6, 6.07) is 1.67. The van der Waals surface area contributed by atoms with Crippen molar-refractivity contribution >= 4 is 11.5 Å². The molecule has 0 amide bonds. The molecule has 0 bridgehead atoms. The Morgan fingerprint density at radius 3 is 2.55 bits per heavy atom. The van der Waals surface area contributed by atoms with Crippen molar-refractivity contribution in [3.8, 4) is 0 Å². The molecule has 1 aromatic heterocycles. The summed E-state index contributed by atoms with van der Waals surface area (Å²) in [6.07, 6.45) is -1.07. The quantitative estimate of drug-likeness (QED) is 0.622. The number of hydrogen-bond acceptors (Lipinski definition) is 5. The molecule has 2 rings (SSSR count). The van der Waals surface area contributed by atoms with Crippen LogP contribution in [0.3, 0.4) is 0 Å². The van der Waals surface area contributed by atoms with Gasteiger partial charge in [0.25, 0.3) is 12.1 Å². The fourth-order valence-electron chi connectivity index (χ4n) is 2.25. The molecule has 0 N–H and O–H groups in total. The normalized spacial score (nSPS) is 16.7. The maximum absolute atomic E-state index is 12.3. The molecule has 1 aliphatic heterocycles. The minimum Gasteiger partial charge on any atom is -0.354 e. The van der Waals surface area contributed by atoms with Gasteiger partial charge in [-0.05, 0) is 13.0 Å². The number of alkyl halides is 2. The molecule has 0 radical (unpaired) electrons. The predicted octanol–water partition coefficient (Wildman–Crippen LogP) is 1.69. The number of nitro groups is 1. The molecular formula is C12H16F2N4O2. The van der Waals surface area contributed by atoms with E-state index in [0.29, 0.717) is 37.6 Å². The zero-order valence-electron chi connectivity index (χ0n) is 11.1. The minimum absolute atomic E-state index is 0.00918. The molecule has 0 aromatic carbocycles. The fraction of sp³-hybridized carbons (Fsp3) is 0.583. The number of nitrogens with zero attached hydrogens (tertiary/aromatic N) is 4. The molecule has 0 saturated carbocycles. The molecule has 20 heavy (non-hydrogen) atoms. The van der Waals surface area contributed by atoms with Gasteiger partial charge in [0.15, 0.2) is 0 Å². The Morgan fingerprint density at radius 1 is 1.40 bits per heavy atom. The number of rotatable bonds is 4. The third kappa shape index (κ3) is 3.38. The summed E-state index contributed by atoms with van der Waals surface area (Å²) in [5, 5.41) is 10.7. The van der Waals surface area contributed by atoms with Crippen molar-refractivity contribution < 1.29 is 13.7 Å². The Morgan fingerprint density at radius 2 is 2.05 bits per heavy atom. The molecule has 0 unspecified atom stereocenters. The summed E-state index contributed by atoms with van der Waals surface area (Å²) in [5.41, 5.74) is 0.542. The Kier molecular flexibility index (Phi) is 4.43. The first-order chi connectivity index (χ1) is 9.47. The van der Waals surface area contributed by atoms with E-state index in [4.69, 9.17) is 0 Å². The van der Waals surface area contributed by atoms with Gasteiger partial charge in [0.05, 0.1) is 11.5 Å². The number of aromatic nitrogens is 1. The molecule has 1 saturated heterocycles. The second-order valence-electron chi connectivity index (χ2n) is 4.76. The Bertz CT molecular complexity index is 490. The minimum atomic E-state index is -2.32. The third-order valence-corrected chi connectivity index (χ3v) is 3.36. The number of aryl methyl sites for hydroxylation is 1. The van der Waals surface area contributed by atoms with Gasteiger partial charge in [-0.25, -0.2) is 13.8 Å². The smallest absolute Gasteiger partial charge is 0.290 e. The van der Waals surface area contributed by atoms with E-state index >= 15 is 0 Å². The molecular weight excluding hydrogens is 270 g/mol. The van der Waals surface area contributed by atoms with Gasteiger partial charge in [0.2, 0.25) is 0 Å². The SMILES string of the molecule is Cc1cc(N2CCN(CC(F)F)CC2)ncc1[N+](=O)[O-]. The van der Waals surface area contributed by atoms with Crippen molar-refractivity contribution in [2.45, 2.75) is 13.3 Å². The zero-order valence-corrected chi connectivity index (χ0v) is 11.1. The average molecular weight is 286 g/mol. The lowest BCUT2D eigenvalue weighted by Crippen LogP contribution is -2.48. The number of anilines is 1. The van der Waals surface area contributed by atoms with Crippen LogP contribution in [0.2, 0.25) is 0 Å². The van der Waals surface area contributed by atoms with E-state index in [1.165, 1.54) is 6.20 Å². The highest BCUT2D eigenvalue weighted by Crippen LogP contribution is 2.22. The molecule has 2 heterocycles. The van der Waals surface area contributed by atoms with E-state index in [2.05, 4.69) is 4.98 Å². The molecule has 1 aliphatic rings. The van der Waals surface area contributed by atoms with Crippen molar-refractivity contribution in [1.29, 1.82) is 0 Å². The van der Waals surface area contributed by atoms with Crippen LogP contribution >= 0.6 is 0 Å². The predicted molar refractivity (Wildman–Crippen MR) is 70.3 cm³/mol.